The Kier molecular flexibility index (Phi) is 4.70. The van der Waals surface area contributed by atoms with Crippen molar-refractivity contribution in [1.29, 1.82) is 0 Å². The van der Waals surface area contributed by atoms with Gasteiger partial charge in [0, 0.05) is 51.4 Å². The Labute approximate surface area is 157 Å². The van der Waals surface area contributed by atoms with Gasteiger partial charge < -0.3 is 9.64 Å². The SMILES string of the molecule is Cc1nnc(N2CC(C(=O)N3CCN(C)C4(CCOCC4)C3)CC2=O)s1. The van der Waals surface area contributed by atoms with Gasteiger partial charge in [-0.15, -0.1) is 10.2 Å². The molecule has 3 fully saturated rings. The van der Waals surface area contributed by atoms with Crippen LogP contribution in [0.2, 0.25) is 0 Å². The molecule has 142 valence electrons. The summed E-state index contributed by atoms with van der Waals surface area (Å²) in [6.07, 6.45) is 2.17. The molecule has 1 spiro atoms. The number of anilines is 1. The molecule has 0 radical (unpaired) electrons. The van der Waals surface area contributed by atoms with Crippen molar-refractivity contribution in [2.75, 3.05) is 51.3 Å². The molecule has 26 heavy (non-hydrogen) atoms. The van der Waals surface area contributed by atoms with Crippen molar-refractivity contribution in [3.05, 3.63) is 5.01 Å². The van der Waals surface area contributed by atoms with E-state index in [-0.39, 0.29) is 29.7 Å². The molecule has 1 atom stereocenters. The largest absolute Gasteiger partial charge is 0.381 e. The van der Waals surface area contributed by atoms with Crippen LogP contribution in [0.5, 0.6) is 0 Å². The van der Waals surface area contributed by atoms with Gasteiger partial charge in [-0.2, -0.15) is 0 Å². The first kappa shape index (κ1) is 17.8. The van der Waals surface area contributed by atoms with Crippen LogP contribution in [0.1, 0.15) is 24.3 Å². The van der Waals surface area contributed by atoms with E-state index in [0.717, 1.165) is 50.7 Å². The maximum Gasteiger partial charge on any atom is 0.229 e. The van der Waals surface area contributed by atoms with Crippen LogP contribution in [0.4, 0.5) is 5.13 Å². The van der Waals surface area contributed by atoms with E-state index in [1.165, 1.54) is 11.3 Å². The molecule has 0 aliphatic carbocycles. The van der Waals surface area contributed by atoms with Crippen molar-refractivity contribution in [2.45, 2.75) is 31.7 Å². The number of hydrogen-bond donors (Lipinski definition) is 0. The molecule has 1 unspecified atom stereocenters. The lowest BCUT2D eigenvalue weighted by Crippen LogP contribution is -2.64. The molecule has 4 heterocycles. The van der Waals surface area contributed by atoms with Crippen LogP contribution < -0.4 is 4.90 Å². The van der Waals surface area contributed by atoms with Gasteiger partial charge in [-0.05, 0) is 26.8 Å². The Hall–Kier alpha value is -1.58. The van der Waals surface area contributed by atoms with Crippen LogP contribution >= 0.6 is 11.3 Å². The molecule has 2 amide bonds. The second kappa shape index (κ2) is 6.86. The van der Waals surface area contributed by atoms with Crippen LogP contribution in [0.3, 0.4) is 0 Å². The molecule has 9 heteroatoms. The summed E-state index contributed by atoms with van der Waals surface area (Å²) in [6, 6.07) is 0. The summed E-state index contributed by atoms with van der Waals surface area (Å²) in [5, 5.41) is 9.46. The quantitative estimate of drug-likeness (QED) is 0.746. The molecular formula is C17H25N5O3S. The number of rotatable bonds is 2. The maximum absolute atomic E-state index is 13.1. The monoisotopic (exact) mass is 379 g/mol. The number of likely N-dealkylation sites (N-methyl/N-ethyl adjacent to an activating group) is 1. The zero-order valence-corrected chi connectivity index (χ0v) is 16.1. The van der Waals surface area contributed by atoms with Crippen molar-refractivity contribution in [1.82, 2.24) is 20.0 Å². The van der Waals surface area contributed by atoms with Crippen molar-refractivity contribution in [2.24, 2.45) is 5.92 Å². The lowest BCUT2D eigenvalue weighted by Gasteiger charge is -2.51. The third-order valence-electron chi connectivity index (χ3n) is 5.96. The minimum Gasteiger partial charge on any atom is -0.381 e. The Morgan fingerprint density at radius 2 is 2.04 bits per heavy atom. The van der Waals surface area contributed by atoms with Crippen molar-refractivity contribution in [3.8, 4) is 0 Å². The third kappa shape index (κ3) is 3.12. The minimum atomic E-state index is -0.285. The van der Waals surface area contributed by atoms with E-state index in [1.807, 2.05) is 11.8 Å². The first-order valence-electron chi connectivity index (χ1n) is 9.17. The highest BCUT2D eigenvalue weighted by molar-refractivity contribution is 7.15. The van der Waals surface area contributed by atoms with Crippen LogP contribution in [-0.4, -0.2) is 83.8 Å². The number of aromatic nitrogens is 2. The van der Waals surface area contributed by atoms with E-state index in [0.29, 0.717) is 11.7 Å². The second-order valence-electron chi connectivity index (χ2n) is 7.53. The highest BCUT2D eigenvalue weighted by Gasteiger charge is 2.45. The number of hydrogen-bond acceptors (Lipinski definition) is 7. The second-order valence-corrected chi connectivity index (χ2v) is 8.69. The smallest absolute Gasteiger partial charge is 0.229 e. The van der Waals surface area contributed by atoms with Gasteiger partial charge in [0.15, 0.2) is 0 Å². The van der Waals surface area contributed by atoms with E-state index in [9.17, 15) is 9.59 Å². The van der Waals surface area contributed by atoms with Gasteiger partial charge in [-0.1, -0.05) is 11.3 Å². The zero-order chi connectivity index (χ0) is 18.3. The Balaban J connectivity index is 1.45. The summed E-state index contributed by atoms with van der Waals surface area (Å²) >= 11 is 1.39. The average Bonchev–Trinajstić information content (AvgIpc) is 3.23. The molecule has 0 N–H and O–H groups in total. The summed E-state index contributed by atoms with van der Waals surface area (Å²) in [5.41, 5.74) is 0.0187. The van der Waals surface area contributed by atoms with Gasteiger partial charge in [0.1, 0.15) is 5.01 Å². The van der Waals surface area contributed by atoms with Gasteiger partial charge in [0.25, 0.3) is 0 Å². The molecule has 0 bridgehead atoms. The van der Waals surface area contributed by atoms with Gasteiger partial charge in [0.2, 0.25) is 16.9 Å². The maximum atomic E-state index is 13.1. The number of carbonyl (C=O) groups is 2. The molecule has 0 aromatic carbocycles. The summed E-state index contributed by atoms with van der Waals surface area (Å²) in [4.78, 5) is 31.5. The molecular weight excluding hydrogens is 354 g/mol. The van der Waals surface area contributed by atoms with E-state index in [1.54, 1.807) is 4.90 Å². The molecule has 1 aromatic heterocycles. The highest BCUT2D eigenvalue weighted by Crippen LogP contribution is 2.33. The lowest BCUT2D eigenvalue weighted by molar-refractivity contribution is -0.143. The van der Waals surface area contributed by atoms with E-state index < -0.39 is 0 Å². The van der Waals surface area contributed by atoms with Gasteiger partial charge in [-0.25, -0.2) is 0 Å². The first-order valence-corrected chi connectivity index (χ1v) is 9.98. The van der Waals surface area contributed by atoms with Gasteiger partial charge >= 0.3 is 0 Å². The van der Waals surface area contributed by atoms with Gasteiger partial charge in [0.05, 0.1) is 5.92 Å². The minimum absolute atomic E-state index is 0.0187. The molecule has 1 aromatic rings. The standard InChI is InChI=1S/C17H25N5O3S/c1-12-18-19-16(26-12)22-10-13(9-14(22)23)15(24)21-6-5-20(2)17(11-21)3-7-25-8-4-17/h13H,3-11H2,1-2H3. The van der Waals surface area contributed by atoms with E-state index in [2.05, 4.69) is 22.1 Å². The summed E-state index contributed by atoms with van der Waals surface area (Å²) < 4.78 is 5.53. The summed E-state index contributed by atoms with van der Waals surface area (Å²) in [7, 11) is 2.14. The van der Waals surface area contributed by atoms with Crippen molar-refractivity contribution < 1.29 is 14.3 Å². The number of carbonyl (C=O) groups excluding carboxylic acids is 2. The fraction of sp³-hybridized carbons (Fsp3) is 0.765. The topological polar surface area (TPSA) is 78.9 Å². The fourth-order valence-corrected chi connectivity index (χ4v) is 4.97. The number of ether oxygens (including phenoxy) is 1. The summed E-state index contributed by atoms with van der Waals surface area (Å²) in [5.74, 6) is -0.220. The van der Waals surface area contributed by atoms with Crippen LogP contribution in [0.25, 0.3) is 0 Å². The lowest BCUT2D eigenvalue weighted by atomic mass is 9.85. The molecule has 3 saturated heterocycles. The van der Waals surface area contributed by atoms with E-state index in [4.69, 9.17) is 4.74 Å². The molecule has 8 nitrogen and oxygen atoms in total. The number of aryl methyl sites for hydroxylation is 1. The first-order chi connectivity index (χ1) is 12.5. The van der Waals surface area contributed by atoms with Crippen LogP contribution in [0.15, 0.2) is 0 Å². The Morgan fingerprint density at radius 3 is 2.73 bits per heavy atom. The normalized spacial score (nSPS) is 26.7. The summed E-state index contributed by atoms with van der Waals surface area (Å²) in [6.45, 7) is 6.09. The third-order valence-corrected chi connectivity index (χ3v) is 6.82. The highest BCUT2D eigenvalue weighted by atomic mass is 32.1. The number of amides is 2. The fourth-order valence-electron chi connectivity index (χ4n) is 4.25. The van der Waals surface area contributed by atoms with Crippen LogP contribution in [0, 0.1) is 12.8 Å². The molecule has 3 aliphatic heterocycles. The van der Waals surface area contributed by atoms with Crippen molar-refractivity contribution in [3.63, 3.8) is 0 Å². The average molecular weight is 379 g/mol. The predicted molar refractivity (Wildman–Crippen MR) is 97.1 cm³/mol. The predicted octanol–water partition coefficient (Wildman–Crippen LogP) is 0.523. The number of piperazine rings is 1. The molecule has 3 aliphatic rings. The van der Waals surface area contributed by atoms with Crippen molar-refractivity contribution >= 4 is 28.3 Å². The Bertz CT molecular complexity index is 702. The molecule has 0 saturated carbocycles. The molecule has 4 rings (SSSR count). The Morgan fingerprint density at radius 1 is 1.27 bits per heavy atom. The van der Waals surface area contributed by atoms with E-state index >= 15 is 0 Å². The van der Waals surface area contributed by atoms with Crippen LogP contribution in [-0.2, 0) is 14.3 Å². The zero-order valence-electron chi connectivity index (χ0n) is 15.3. The van der Waals surface area contributed by atoms with Gasteiger partial charge in [-0.3, -0.25) is 19.4 Å². The number of nitrogens with zero attached hydrogens (tertiary/aromatic N) is 5.